The van der Waals surface area contributed by atoms with E-state index in [0.717, 1.165) is 16.5 Å². The number of hydrogen-bond acceptors (Lipinski definition) is 2. The topological polar surface area (TPSA) is 26.0 Å². The highest BCUT2D eigenvalue weighted by Gasteiger charge is 2.05. The van der Waals surface area contributed by atoms with Crippen LogP contribution in [0, 0.1) is 6.92 Å². The van der Waals surface area contributed by atoms with Crippen LogP contribution in [0.4, 0.5) is 0 Å². The Morgan fingerprint density at radius 2 is 2.14 bits per heavy atom. The Hall–Kier alpha value is -1.83. The van der Waals surface area contributed by atoms with Crippen molar-refractivity contribution in [3.63, 3.8) is 0 Å². The average molecular weight is 183 g/mol. The van der Waals surface area contributed by atoms with Crippen molar-refractivity contribution in [2.24, 2.45) is 0 Å². The second-order valence-corrected chi connectivity index (χ2v) is 3.43. The second-order valence-electron chi connectivity index (χ2n) is 3.43. The summed E-state index contributed by atoms with van der Waals surface area (Å²) in [6.07, 6.45) is 3.60. The van der Waals surface area contributed by atoms with Crippen molar-refractivity contribution in [3.05, 3.63) is 42.3 Å². The number of fused-ring (bicyclic) bond motifs is 3. The number of pyridine rings is 1. The monoisotopic (exact) mass is 183 g/mol. The van der Waals surface area contributed by atoms with Gasteiger partial charge in [-0.25, -0.2) is 0 Å². The van der Waals surface area contributed by atoms with Crippen molar-refractivity contribution in [1.29, 1.82) is 0 Å². The maximum Gasteiger partial charge on any atom is 0.134 e. The van der Waals surface area contributed by atoms with E-state index in [1.54, 1.807) is 6.26 Å². The van der Waals surface area contributed by atoms with Gasteiger partial charge in [0.05, 0.1) is 11.8 Å². The van der Waals surface area contributed by atoms with Crippen LogP contribution in [0.3, 0.4) is 0 Å². The van der Waals surface area contributed by atoms with Gasteiger partial charge in [-0.05, 0) is 30.7 Å². The van der Waals surface area contributed by atoms with Gasteiger partial charge in [-0.15, -0.1) is 0 Å². The molecule has 14 heavy (non-hydrogen) atoms. The summed E-state index contributed by atoms with van der Waals surface area (Å²) in [5.74, 6) is 0. The fourth-order valence-electron chi connectivity index (χ4n) is 1.85. The Bertz CT molecular complexity index is 610. The predicted octanol–water partition coefficient (Wildman–Crippen LogP) is 3.29. The lowest BCUT2D eigenvalue weighted by molar-refractivity contribution is 0.613. The molecule has 0 aliphatic heterocycles. The highest BCUT2D eigenvalue weighted by molar-refractivity contribution is 6.05. The Morgan fingerprint density at radius 3 is 3.07 bits per heavy atom. The number of benzene rings is 1. The molecule has 0 fully saturated rings. The molecule has 3 aromatic rings. The van der Waals surface area contributed by atoms with Crippen molar-refractivity contribution in [1.82, 2.24) is 4.98 Å². The van der Waals surface area contributed by atoms with Gasteiger partial charge in [0.2, 0.25) is 0 Å². The minimum Gasteiger partial charge on any atom is -0.464 e. The van der Waals surface area contributed by atoms with Gasteiger partial charge < -0.3 is 4.42 Å². The number of aromatic nitrogens is 1. The summed E-state index contributed by atoms with van der Waals surface area (Å²) in [5.41, 5.74) is 3.12. The van der Waals surface area contributed by atoms with Crippen LogP contribution in [0.2, 0.25) is 0 Å². The van der Waals surface area contributed by atoms with Gasteiger partial charge in [0.25, 0.3) is 0 Å². The summed E-state index contributed by atoms with van der Waals surface area (Å²) in [4.78, 5) is 4.31. The van der Waals surface area contributed by atoms with Gasteiger partial charge in [0, 0.05) is 17.0 Å². The van der Waals surface area contributed by atoms with Gasteiger partial charge in [-0.3, -0.25) is 4.98 Å². The van der Waals surface area contributed by atoms with Gasteiger partial charge in [-0.1, -0.05) is 6.07 Å². The molecular weight excluding hydrogens is 174 g/mol. The molecular formula is C12H9NO. The normalized spacial score (nSPS) is 11.2. The van der Waals surface area contributed by atoms with Crippen LogP contribution < -0.4 is 0 Å². The van der Waals surface area contributed by atoms with E-state index in [0.29, 0.717) is 0 Å². The molecule has 0 amide bonds. The fourth-order valence-corrected chi connectivity index (χ4v) is 1.85. The first-order valence-electron chi connectivity index (χ1n) is 4.58. The standard InChI is InChI=1S/C12H9NO/c1-8-7-14-11-5-4-10-9(12(8)11)3-2-6-13-10/h2-7H,1H3. The fraction of sp³-hybridized carbons (Fsp3) is 0.0833. The van der Waals surface area contributed by atoms with Gasteiger partial charge in [0.15, 0.2) is 0 Å². The zero-order valence-electron chi connectivity index (χ0n) is 7.82. The van der Waals surface area contributed by atoms with Crippen molar-refractivity contribution in [2.45, 2.75) is 6.92 Å². The Kier molecular flexibility index (Phi) is 1.39. The van der Waals surface area contributed by atoms with Crippen molar-refractivity contribution < 1.29 is 4.42 Å². The maximum absolute atomic E-state index is 5.43. The first-order valence-corrected chi connectivity index (χ1v) is 4.58. The van der Waals surface area contributed by atoms with Gasteiger partial charge in [-0.2, -0.15) is 0 Å². The summed E-state index contributed by atoms with van der Waals surface area (Å²) in [6, 6.07) is 7.99. The molecule has 2 heterocycles. The largest absolute Gasteiger partial charge is 0.464 e. The van der Waals surface area contributed by atoms with E-state index in [1.807, 2.05) is 24.4 Å². The minimum atomic E-state index is 0.933. The summed E-state index contributed by atoms with van der Waals surface area (Å²) < 4.78 is 5.43. The predicted molar refractivity (Wildman–Crippen MR) is 56.3 cm³/mol. The highest BCUT2D eigenvalue weighted by Crippen LogP contribution is 2.27. The molecule has 0 N–H and O–H groups in total. The lowest BCUT2D eigenvalue weighted by Gasteiger charge is -1.97. The molecule has 0 saturated heterocycles. The van der Waals surface area contributed by atoms with Crippen LogP contribution in [0.1, 0.15) is 5.56 Å². The number of furan rings is 1. The van der Waals surface area contributed by atoms with Gasteiger partial charge >= 0.3 is 0 Å². The van der Waals surface area contributed by atoms with Crippen molar-refractivity contribution in [3.8, 4) is 0 Å². The molecule has 2 aromatic heterocycles. The zero-order chi connectivity index (χ0) is 9.54. The Labute approximate surface area is 81.2 Å². The first-order chi connectivity index (χ1) is 6.86. The lowest BCUT2D eigenvalue weighted by Crippen LogP contribution is -1.78. The smallest absolute Gasteiger partial charge is 0.134 e. The second kappa shape index (κ2) is 2.58. The van der Waals surface area contributed by atoms with E-state index in [9.17, 15) is 0 Å². The quantitative estimate of drug-likeness (QED) is 0.534. The Balaban J connectivity index is 2.65. The minimum absolute atomic E-state index is 0.933. The lowest BCUT2D eigenvalue weighted by atomic mass is 10.1. The molecule has 0 aliphatic carbocycles. The summed E-state index contributed by atoms with van der Waals surface area (Å²) >= 11 is 0. The molecule has 0 atom stereocenters. The molecule has 0 spiro atoms. The van der Waals surface area contributed by atoms with Crippen molar-refractivity contribution in [2.75, 3.05) is 0 Å². The van der Waals surface area contributed by atoms with Crippen LogP contribution in [-0.2, 0) is 0 Å². The molecule has 3 rings (SSSR count). The molecule has 0 radical (unpaired) electrons. The first kappa shape index (κ1) is 7.56. The van der Waals surface area contributed by atoms with E-state index in [2.05, 4.69) is 18.0 Å². The average Bonchev–Trinajstić information content (AvgIpc) is 2.61. The number of rotatable bonds is 0. The summed E-state index contributed by atoms with van der Waals surface area (Å²) in [6.45, 7) is 2.05. The number of aryl methyl sites for hydroxylation is 1. The van der Waals surface area contributed by atoms with Gasteiger partial charge in [0.1, 0.15) is 5.58 Å². The van der Waals surface area contributed by atoms with Crippen LogP contribution in [0.25, 0.3) is 21.9 Å². The van der Waals surface area contributed by atoms with E-state index in [-0.39, 0.29) is 0 Å². The number of nitrogens with zero attached hydrogens (tertiary/aromatic N) is 1. The van der Waals surface area contributed by atoms with Crippen LogP contribution in [0.5, 0.6) is 0 Å². The number of hydrogen-bond donors (Lipinski definition) is 0. The molecule has 0 bridgehead atoms. The molecule has 2 nitrogen and oxygen atoms in total. The molecule has 2 heteroatoms. The van der Waals surface area contributed by atoms with E-state index in [1.165, 1.54) is 10.9 Å². The van der Waals surface area contributed by atoms with E-state index in [4.69, 9.17) is 4.42 Å². The highest BCUT2D eigenvalue weighted by atomic mass is 16.3. The maximum atomic E-state index is 5.43. The van der Waals surface area contributed by atoms with Crippen LogP contribution >= 0.6 is 0 Å². The van der Waals surface area contributed by atoms with E-state index >= 15 is 0 Å². The zero-order valence-corrected chi connectivity index (χ0v) is 7.82. The van der Waals surface area contributed by atoms with Crippen LogP contribution in [0.15, 0.2) is 41.1 Å². The van der Waals surface area contributed by atoms with E-state index < -0.39 is 0 Å². The van der Waals surface area contributed by atoms with Crippen molar-refractivity contribution >= 4 is 21.9 Å². The Morgan fingerprint density at radius 1 is 1.21 bits per heavy atom. The third kappa shape index (κ3) is 0.880. The SMILES string of the molecule is Cc1coc2ccc3ncccc3c12. The molecule has 1 aromatic carbocycles. The third-order valence-electron chi connectivity index (χ3n) is 2.50. The molecule has 0 saturated carbocycles. The summed E-state index contributed by atoms with van der Waals surface area (Å²) in [5, 5.41) is 2.34. The van der Waals surface area contributed by atoms with Crippen LogP contribution in [-0.4, -0.2) is 4.98 Å². The molecule has 0 aliphatic rings. The molecule has 68 valence electrons. The molecule has 0 unspecified atom stereocenters. The third-order valence-corrected chi connectivity index (χ3v) is 2.50. The summed E-state index contributed by atoms with van der Waals surface area (Å²) in [7, 11) is 0.